The van der Waals surface area contributed by atoms with Crippen LogP contribution in [0.5, 0.6) is 0 Å². The average molecular weight is 473 g/mol. The van der Waals surface area contributed by atoms with Crippen molar-refractivity contribution in [2.24, 2.45) is 0 Å². The van der Waals surface area contributed by atoms with Crippen molar-refractivity contribution in [2.45, 2.75) is 65.0 Å². The van der Waals surface area contributed by atoms with Crippen LogP contribution in [-0.2, 0) is 0 Å². The van der Waals surface area contributed by atoms with Gasteiger partial charge in [-0.05, 0) is 58.9 Å². The molecule has 1 atom stereocenters. The van der Waals surface area contributed by atoms with Crippen LogP contribution in [0, 0.1) is 6.92 Å². The summed E-state index contributed by atoms with van der Waals surface area (Å²) in [6.45, 7) is 9.08. The fourth-order valence-electron chi connectivity index (χ4n) is 5.51. The number of carbonyl (C=O) groups excluding carboxylic acids is 1. The topological polar surface area (TPSA) is 84.4 Å². The second-order valence-electron chi connectivity index (χ2n) is 10.1. The molecular weight excluding hydrogens is 440 g/mol. The summed E-state index contributed by atoms with van der Waals surface area (Å²) < 4.78 is 3.75. The van der Waals surface area contributed by atoms with Crippen molar-refractivity contribution in [3.05, 3.63) is 47.5 Å². The van der Waals surface area contributed by atoms with Gasteiger partial charge < -0.3 is 9.80 Å². The molecule has 6 heterocycles. The molecule has 4 aromatic heterocycles. The maximum atomic E-state index is 13.7. The average Bonchev–Trinajstić information content (AvgIpc) is 3.61. The van der Waals surface area contributed by atoms with Gasteiger partial charge in [-0.1, -0.05) is 0 Å². The van der Waals surface area contributed by atoms with Gasteiger partial charge in [0, 0.05) is 55.1 Å². The number of hydrogen-bond acceptors (Lipinski definition) is 6. The van der Waals surface area contributed by atoms with Crippen LogP contribution >= 0.6 is 0 Å². The molecule has 0 bridgehead atoms. The molecule has 0 saturated carbocycles. The summed E-state index contributed by atoms with van der Waals surface area (Å²) in [6.07, 6.45) is 10.9. The van der Waals surface area contributed by atoms with Crippen molar-refractivity contribution in [1.29, 1.82) is 0 Å². The molecule has 9 heteroatoms. The monoisotopic (exact) mass is 472 g/mol. The van der Waals surface area contributed by atoms with E-state index in [2.05, 4.69) is 48.0 Å². The fraction of sp³-hybridized carbons (Fsp3) is 0.500. The fourth-order valence-corrected chi connectivity index (χ4v) is 5.51. The Morgan fingerprint density at radius 2 is 1.86 bits per heavy atom. The van der Waals surface area contributed by atoms with Crippen LogP contribution in [0.15, 0.2) is 30.7 Å². The highest BCUT2D eigenvalue weighted by atomic mass is 16.2. The number of piperidine rings is 1. The number of nitrogens with zero attached hydrogens (tertiary/aromatic N) is 8. The molecule has 2 aliphatic rings. The summed E-state index contributed by atoms with van der Waals surface area (Å²) in [6, 6.07) is 4.12. The van der Waals surface area contributed by atoms with E-state index in [1.807, 2.05) is 20.2 Å². The van der Waals surface area contributed by atoms with Crippen LogP contribution in [0.1, 0.15) is 79.7 Å². The van der Waals surface area contributed by atoms with Crippen molar-refractivity contribution < 1.29 is 4.79 Å². The minimum atomic E-state index is -0.0671. The zero-order chi connectivity index (χ0) is 24.1. The Labute approximate surface area is 204 Å². The number of carbonyl (C=O) groups is 1. The highest BCUT2D eigenvalue weighted by molar-refractivity contribution is 5.97. The first kappa shape index (κ1) is 22.0. The summed E-state index contributed by atoms with van der Waals surface area (Å²) in [5.74, 6) is 1.06. The number of aryl methyl sites for hydroxylation is 1. The third-order valence-corrected chi connectivity index (χ3v) is 7.30. The zero-order valence-electron chi connectivity index (χ0n) is 20.7. The molecule has 35 heavy (non-hydrogen) atoms. The van der Waals surface area contributed by atoms with Crippen LogP contribution in [0.25, 0.3) is 16.7 Å². The number of rotatable bonds is 4. The molecule has 2 aliphatic heterocycles. The molecule has 2 fully saturated rings. The summed E-state index contributed by atoms with van der Waals surface area (Å²) >= 11 is 0. The molecule has 0 N–H and O–H groups in total. The minimum absolute atomic E-state index is 0.000323. The second-order valence-corrected chi connectivity index (χ2v) is 10.1. The zero-order valence-corrected chi connectivity index (χ0v) is 20.7. The van der Waals surface area contributed by atoms with Gasteiger partial charge in [0.15, 0.2) is 11.3 Å². The lowest BCUT2D eigenvalue weighted by molar-refractivity contribution is 0.0605. The van der Waals surface area contributed by atoms with Crippen molar-refractivity contribution in [3.8, 4) is 0 Å². The first-order valence-corrected chi connectivity index (χ1v) is 12.8. The largest absolute Gasteiger partial charge is 0.356 e. The number of hydrogen-bond donors (Lipinski definition) is 0. The Morgan fingerprint density at radius 1 is 1.06 bits per heavy atom. The van der Waals surface area contributed by atoms with Gasteiger partial charge in [-0.15, -0.1) is 0 Å². The van der Waals surface area contributed by atoms with Gasteiger partial charge >= 0.3 is 0 Å². The van der Waals surface area contributed by atoms with Crippen LogP contribution < -0.4 is 4.90 Å². The van der Waals surface area contributed by atoms with Crippen LogP contribution in [0.2, 0.25) is 0 Å². The SMILES string of the molecule is Cc1cn2nc(C3CCCCN3C(=O)c3cnc4c(cnn4C(C)C)c3)cc2nc1N1CCCC1. The van der Waals surface area contributed by atoms with Gasteiger partial charge in [0.25, 0.3) is 5.91 Å². The summed E-state index contributed by atoms with van der Waals surface area (Å²) in [5.41, 5.74) is 4.29. The lowest BCUT2D eigenvalue weighted by Crippen LogP contribution is -2.38. The summed E-state index contributed by atoms with van der Waals surface area (Å²) in [4.78, 5) is 27.5. The molecule has 9 nitrogen and oxygen atoms in total. The standard InChI is InChI=1S/C26H32N8O/c1-17(2)34-25-19(15-28-34)12-20(14-27-25)26(35)32-11-5-4-8-22(32)21-13-23-29-24(31-9-6-7-10-31)18(3)16-33(23)30-21/h12-17,22H,4-11H2,1-3H3. The lowest BCUT2D eigenvalue weighted by atomic mass is 9.98. The molecule has 4 aromatic rings. The van der Waals surface area contributed by atoms with E-state index in [9.17, 15) is 4.79 Å². The van der Waals surface area contributed by atoms with Gasteiger partial charge in [0.05, 0.1) is 23.5 Å². The van der Waals surface area contributed by atoms with E-state index in [1.54, 1.807) is 12.4 Å². The van der Waals surface area contributed by atoms with E-state index < -0.39 is 0 Å². The normalized spacial score (nSPS) is 18.9. The Morgan fingerprint density at radius 3 is 2.66 bits per heavy atom. The molecule has 0 aliphatic carbocycles. The van der Waals surface area contributed by atoms with Crippen LogP contribution in [0.4, 0.5) is 5.82 Å². The lowest BCUT2D eigenvalue weighted by Gasteiger charge is -2.34. The molecule has 2 saturated heterocycles. The van der Waals surface area contributed by atoms with E-state index in [1.165, 1.54) is 12.8 Å². The van der Waals surface area contributed by atoms with Crippen LogP contribution in [0.3, 0.4) is 0 Å². The van der Waals surface area contributed by atoms with Crippen molar-refractivity contribution >= 4 is 28.4 Å². The van der Waals surface area contributed by atoms with Gasteiger partial charge in [-0.2, -0.15) is 10.2 Å². The van der Waals surface area contributed by atoms with E-state index in [4.69, 9.17) is 10.1 Å². The molecule has 1 amide bonds. The van der Waals surface area contributed by atoms with E-state index in [0.717, 1.165) is 66.1 Å². The quantitative estimate of drug-likeness (QED) is 0.440. The highest BCUT2D eigenvalue weighted by Crippen LogP contribution is 2.33. The van der Waals surface area contributed by atoms with Gasteiger partial charge in [0.2, 0.25) is 0 Å². The smallest absolute Gasteiger partial charge is 0.256 e. The highest BCUT2D eigenvalue weighted by Gasteiger charge is 2.31. The predicted octanol–water partition coefficient (Wildman–Crippen LogP) is 4.33. The Balaban J connectivity index is 1.32. The third-order valence-electron chi connectivity index (χ3n) is 7.30. The predicted molar refractivity (Wildman–Crippen MR) is 135 cm³/mol. The van der Waals surface area contributed by atoms with Gasteiger partial charge in [-0.25, -0.2) is 19.2 Å². The number of amides is 1. The number of pyridine rings is 1. The first-order chi connectivity index (χ1) is 17.0. The summed E-state index contributed by atoms with van der Waals surface area (Å²) in [7, 11) is 0. The Bertz CT molecular complexity index is 1400. The van der Waals surface area contributed by atoms with Crippen LogP contribution in [-0.4, -0.2) is 59.8 Å². The van der Waals surface area contributed by atoms with E-state index in [0.29, 0.717) is 12.1 Å². The maximum Gasteiger partial charge on any atom is 0.256 e. The molecular formula is C26H32N8O. The first-order valence-electron chi connectivity index (χ1n) is 12.8. The summed E-state index contributed by atoms with van der Waals surface area (Å²) in [5, 5.41) is 10.2. The third kappa shape index (κ3) is 3.83. The molecule has 182 valence electrons. The Kier molecular flexibility index (Phi) is 5.42. The maximum absolute atomic E-state index is 13.7. The number of aromatic nitrogens is 6. The number of anilines is 1. The second kappa shape index (κ2) is 8.62. The molecule has 0 spiro atoms. The minimum Gasteiger partial charge on any atom is -0.356 e. The van der Waals surface area contributed by atoms with Crippen molar-refractivity contribution in [2.75, 3.05) is 24.5 Å². The molecule has 6 rings (SSSR count). The van der Waals surface area contributed by atoms with E-state index in [-0.39, 0.29) is 18.0 Å². The number of fused-ring (bicyclic) bond motifs is 2. The number of likely N-dealkylation sites (tertiary alicyclic amines) is 1. The van der Waals surface area contributed by atoms with E-state index >= 15 is 0 Å². The molecule has 0 aromatic carbocycles. The van der Waals surface area contributed by atoms with Gasteiger partial charge in [-0.3, -0.25) is 4.79 Å². The van der Waals surface area contributed by atoms with Crippen molar-refractivity contribution in [3.63, 3.8) is 0 Å². The molecule has 1 unspecified atom stereocenters. The van der Waals surface area contributed by atoms with Gasteiger partial charge in [0.1, 0.15) is 5.82 Å². The molecule has 0 radical (unpaired) electrons. The van der Waals surface area contributed by atoms with Crippen molar-refractivity contribution in [1.82, 2.24) is 34.3 Å². The Hall–Kier alpha value is -3.49.